The zero-order valence-electron chi connectivity index (χ0n) is 13.0. The van der Waals surface area contributed by atoms with E-state index in [1.807, 2.05) is 0 Å². The van der Waals surface area contributed by atoms with Gasteiger partial charge in [0.1, 0.15) is 6.61 Å². The number of methoxy groups -OCH3 is 1. The molecule has 2 aromatic rings. The average molecular weight is 329 g/mol. The molecule has 0 aliphatic carbocycles. The second-order valence-corrected chi connectivity index (χ2v) is 5.26. The van der Waals surface area contributed by atoms with Gasteiger partial charge in [0, 0.05) is 17.7 Å². The zero-order chi connectivity index (χ0) is 17.1. The van der Waals surface area contributed by atoms with Crippen LogP contribution in [0.5, 0.6) is 0 Å². The SMILES string of the molecule is COC(=O)c1occc1COC(=O)c1ccc2c(c1)CCC(=O)N2. The van der Waals surface area contributed by atoms with Gasteiger partial charge >= 0.3 is 11.9 Å². The van der Waals surface area contributed by atoms with Crippen LogP contribution in [-0.2, 0) is 27.3 Å². The Hall–Kier alpha value is -3.09. The summed E-state index contributed by atoms with van der Waals surface area (Å²) in [6.45, 7) is -0.104. The van der Waals surface area contributed by atoms with Gasteiger partial charge in [0.15, 0.2) is 0 Å². The van der Waals surface area contributed by atoms with Crippen molar-refractivity contribution >= 4 is 23.5 Å². The van der Waals surface area contributed by atoms with E-state index >= 15 is 0 Å². The fourth-order valence-electron chi connectivity index (χ4n) is 2.46. The molecule has 0 fully saturated rings. The van der Waals surface area contributed by atoms with Crippen molar-refractivity contribution in [2.24, 2.45) is 0 Å². The smallest absolute Gasteiger partial charge is 0.374 e. The van der Waals surface area contributed by atoms with Crippen LogP contribution in [0.15, 0.2) is 34.9 Å². The van der Waals surface area contributed by atoms with Crippen LogP contribution in [0.25, 0.3) is 0 Å². The first-order valence-electron chi connectivity index (χ1n) is 7.33. The third-order valence-electron chi connectivity index (χ3n) is 3.71. The van der Waals surface area contributed by atoms with E-state index in [-0.39, 0.29) is 18.3 Å². The van der Waals surface area contributed by atoms with Gasteiger partial charge in [-0.05, 0) is 36.2 Å². The maximum atomic E-state index is 12.2. The van der Waals surface area contributed by atoms with Gasteiger partial charge in [-0.3, -0.25) is 4.79 Å². The number of furan rings is 1. The van der Waals surface area contributed by atoms with Gasteiger partial charge in [-0.1, -0.05) is 0 Å². The summed E-state index contributed by atoms with van der Waals surface area (Å²) in [6.07, 6.45) is 2.30. The lowest BCUT2D eigenvalue weighted by Crippen LogP contribution is -2.19. The van der Waals surface area contributed by atoms with Crippen LogP contribution in [0, 0.1) is 0 Å². The molecule has 7 nitrogen and oxygen atoms in total. The molecule has 1 aromatic heterocycles. The van der Waals surface area contributed by atoms with E-state index < -0.39 is 11.9 Å². The molecule has 0 atom stereocenters. The molecule has 24 heavy (non-hydrogen) atoms. The second kappa shape index (κ2) is 6.57. The fraction of sp³-hybridized carbons (Fsp3) is 0.235. The Morgan fingerprint density at radius 1 is 1.21 bits per heavy atom. The number of ether oxygens (including phenoxy) is 2. The lowest BCUT2D eigenvalue weighted by Gasteiger charge is -2.17. The molecule has 2 heterocycles. The number of amides is 1. The summed E-state index contributed by atoms with van der Waals surface area (Å²) in [5.41, 5.74) is 2.42. The van der Waals surface area contributed by atoms with E-state index in [1.54, 1.807) is 24.3 Å². The van der Waals surface area contributed by atoms with Gasteiger partial charge in [0.25, 0.3) is 0 Å². The van der Waals surface area contributed by atoms with Crippen molar-refractivity contribution in [3.63, 3.8) is 0 Å². The van der Waals surface area contributed by atoms with Crippen LogP contribution >= 0.6 is 0 Å². The van der Waals surface area contributed by atoms with Gasteiger partial charge in [-0.25, -0.2) is 9.59 Å². The first kappa shape index (κ1) is 15.8. The Labute approximate surface area is 137 Å². The highest BCUT2D eigenvalue weighted by molar-refractivity contribution is 5.96. The normalized spacial score (nSPS) is 13.0. The number of hydrogen-bond donors (Lipinski definition) is 1. The number of aryl methyl sites for hydroxylation is 1. The summed E-state index contributed by atoms with van der Waals surface area (Å²) in [6, 6.07) is 6.51. The molecule has 0 spiro atoms. The molecular formula is C17H15NO6. The van der Waals surface area contributed by atoms with Crippen LogP contribution in [-0.4, -0.2) is 25.0 Å². The van der Waals surface area contributed by atoms with E-state index in [2.05, 4.69) is 10.1 Å². The van der Waals surface area contributed by atoms with E-state index in [9.17, 15) is 14.4 Å². The molecule has 0 saturated heterocycles. The molecule has 0 unspecified atom stereocenters. The van der Waals surface area contributed by atoms with Crippen molar-refractivity contribution in [1.82, 2.24) is 0 Å². The van der Waals surface area contributed by atoms with Crippen LogP contribution in [0.2, 0.25) is 0 Å². The zero-order valence-corrected chi connectivity index (χ0v) is 13.0. The van der Waals surface area contributed by atoms with Crippen LogP contribution in [0.4, 0.5) is 5.69 Å². The molecular weight excluding hydrogens is 314 g/mol. The van der Waals surface area contributed by atoms with Crippen molar-refractivity contribution in [3.05, 3.63) is 53.0 Å². The van der Waals surface area contributed by atoms with E-state index in [0.29, 0.717) is 29.7 Å². The van der Waals surface area contributed by atoms with E-state index in [4.69, 9.17) is 9.15 Å². The topological polar surface area (TPSA) is 94.8 Å². The molecule has 3 rings (SSSR count). The highest BCUT2D eigenvalue weighted by atomic mass is 16.5. The number of benzene rings is 1. The fourth-order valence-corrected chi connectivity index (χ4v) is 2.46. The number of carbonyl (C=O) groups is 3. The van der Waals surface area contributed by atoms with Crippen molar-refractivity contribution in [1.29, 1.82) is 0 Å². The summed E-state index contributed by atoms with van der Waals surface area (Å²) in [4.78, 5) is 35.0. The van der Waals surface area contributed by atoms with E-state index in [1.165, 1.54) is 13.4 Å². The molecule has 0 bridgehead atoms. The molecule has 1 aromatic carbocycles. The average Bonchev–Trinajstić information content (AvgIpc) is 3.07. The highest BCUT2D eigenvalue weighted by Crippen LogP contribution is 2.24. The molecule has 124 valence electrons. The Balaban J connectivity index is 1.69. The predicted molar refractivity (Wildman–Crippen MR) is 82.6 cm³/mol. The minimum Gasteiger partial charge on any atom is -0.463 e. The van der Waals surface area contributed by atoms with Crippen molar-refractivity contribution in [3.8, 4) is 0 Å². The number of fused-ring (bicyclic) bond motifs is 1. The minimum absolute atomic E-state index is 0.0125. The van der Waals surface area contributed by atoms with Crippen LogP contribution in [0.3, 0.4) is 0 Å². The summed E-state index contributed by atoms with van der Waals surface area (Å²) < 4.78 is 14.8. The standard InChI is InChI=1S/C17H15NO6/c1-22-17(21)15-12(6-7-23-15)9-24-16(20)11-2-4-13-10(8-11)3-5-14(19)18-13/h2,4,6-8H,3,5,9H2,1H3,(H,18,19). The van der Waals surface area contributed by atoms with Crippen LogP contribution in [0.1, 0.15) is 38.5 Å². The molecule has 0 radical (unpaired) electrons. The van der Waals surface area contributed by atoms with Gasteiger partial charge in [0.05, 0.1) is 18.9 Å². The molecule has 7 heteroatoms. The third-order valence-corrected chi connectivity index (χ3v) is 3.71. The summed E-state index contributed by atoms with van der Waals surface area (Å²) >= 11 is 0. The molecule has 1 N–H and O–H groups in total. The monoisotopic (exact) mass is 329 g/mol. The molecule has 1 amide bonds. The van der Waals surface area contributed by atoms with Gasteiger partial charge in [0.2, 0.25) is 11.7 Å². The van der Waals surface area contributed by atoms with Gasteiger partial charge in [-0.2, -0.15) is 0 Å². The van der Waals surface area contributed by atoms with Crippen molar-refractivity contribution < 1.29 is 28.3 Å². The van der Waals surface area contributed by atoms with Crippen molar-refractivity contribution in [2.75, 3.05) is 12.4 Å². The minimum atomic E-state index is -0.629. The number of nitrogens with one attached hydrogen (secondary N) is 1. The Morgan fingerprint density at radius 3 is 2.83 bits per heavy atom. The van der Waals surface area contributed by atoms with Gasteiger partial charge in [-0.15, -0.1) is 0 Å². The number of rotatable bonds is 4. The summed E-state index contributed by atoms with van der Waals surface area (Å²) in [7, 11) is 1.24. The number of esters is 2. The predicted octanol–water partition coefficient (Wildman–Crippen LogP) is 2.31. The maximum absolute atomic E-state index is 12.2. The maximum Gasteiger partial charge on any atom is 0.374 e. The Kier molecular flexibility index (Phi) is 4.33. The largest absolute Gasteiger partial charge is 0.463 e. The quantitative estimate of drug-likeness (QED) is 0.865. The highest BCUT2D eigenvalue weighted by Gasteiger charge is 2.19. The number of carbonyl (C=O) groups excluding carboxylic acids is 3. The lowest BCUT2D eigenvalue weighted by atomic mass is 10.0. The summed E-state index contributed by atoms with van der Waals surface area (Å²) in [5.74, 6) is -1.17. The lowest BCUT2D eigenvalue weighted by molar-refractivity contribution is -0.116. The molecule has 1 aliphatic rings. The van der Waals surface area contributed by atoms with Gasteiger partial charge < -0.3 is 19.2 Å². The number of anilines is 1. The molecule has 1 aliphatic heterocycles. The van der Waals surface area contributed by atoms with E-state index in [0.717, 1.165) is 5.56 Å². The third kappa shape index (κ3) is 3.15. The van der Waals surface area contributed by atoms with Crippen molar-refractivity contribution in [2.45, 2.75) is 19.4 Å². The first-order valence-corrected chi connectivity index (χ1v) is 7.33. The Morgan fingerprint density at radius 2 is 2.04 bits per heavy atom. The summed E-state index contributed by atoms with van der Waals surface area (Å²) in [5, 5.41) is 2.75. The first-order chi connectivity index (χ1) is 11.6. The Bertz CT molecular complexity index is 807. The second-order valence-electron chi connectivity index (χ2n) is 5.26. The molecule has 0 saturated carbocycles. The van der Waals surface area contributed by atoms with Crippen LogP contribution < -0.4 is 5.32 Å². The number of hydrogen-bond acceptors (Lipinski definition) is 6.